The van der Waals surface area contributed by atoms with Crippen LogP contribution in [0.1, 0.15) is 13.8 Å². The molecule has 2 aromatic rings. The number of hydrogen-bond acceptors (Lipinski definition) is 6. The van der Waals surface area contributed by atoms with E-state index in [1.807, 2.05) is 0 Å². The van der Waals surface area contributed by atoms with Crippen LogP contribution in [0.5, 0.6) is 5.88 Å². The van der Waals surface area contributed by atoms with Crippen LogP contribution in [0.4, 0.5) is 5.95 Å². The van der Waals surface area contributed by atoms with Gasteiger partial charge >= 0.3 is 0 Å². The topological polar surface area (TPSA) is 79.0 Å². The van der Waals surface area contributed by atoms with Crippen molar-refractivity contribution < 1.29 is 4.74 Å². The molecule has 0 aliphatic carbocycles. The highest BCUT2D eigenvalue weighted by molar-refractivity contribution is 5.76. The quantitative estimate of drug-likeness (QED) is 0.780. The average Bonchev–Trinajstić information content (AvgIpc) is 2.91. The number of aromatic nitrogens is 4. The number of hydrogen-bond donors (Lipinski definition) is 2. The lowest BCUT2D eigenvalue weighted by atomic mass is 10.5. The molecular weight excluding hydrogens is 244 g/mol. The molecule has 0 spiro atoms. The number of nitrogens with one attached hydrogen (secondary N) is 2. The predicted octanol–water partition coefficient (Wildman–Crippen LogP) is 1.12. The van der Waals surface area contributed by atoms with Crippen molar-refractivity contribution in [1.82, 2.24) is 24.8 Å². The number of imidazole rings is 1. The molecule has 2 N–H and O–H groups in total. The summed E-state index contributed by atoms with van der Waals surface area (Å²) in [6, 6.07) is 0. The lowest BCUT2D eigenvalue weighted by Crippen LogP contribution is -2.28. The van der Waals surface area contributed by atoms with Gasteiger partial charge < -0.3 is 19.9 Å². The van der Waals surface area contributed by atoms with Crippen LogP contribution in [0, 0.1) is 0 Å². The third-order valence-electron chi connectivity index (χ3n) is 3.02. The zero-order chi connectivity index (χ0) is 13.7. The van der Waals surface area contributed by atoms with Crippen molar-refractivity contribution in [3.05, 3.63) is 6.33 Å². The molecule has 7 nitrogen and oxygen atoms in total. The van der Waals surface area contributed by atoms with Crippen LogP contribution >= 0.6 is 0 Å². The summed E-state index contributed by atoms with van der Waals surface area (Å²) in [5.41, 5.74) is 1.34. The molecule has 2 aromatic heterocycles. The molecule has 104 valence electrons. The maximum atomic E-state index is 5.75. The number of likely N-dealkylation sites (N-methyl/N-ethyl adjacent to an activating group) is 1. The van der Waals surface area contributed by atoms with Crippen molar-refractivity contribution in [2.75, 3.05) is 38.6 Å². The van der Waals surface area contributed by atoms with Crippen LogP contribution in [-0.4, -0.2) is 58.1 Å². The summed E-state index contributed by atoms with van der Waals surface area (Å²) in [5.74, 6) is 1.05. The molecule has 0 amide bonds. The van der Waals surface area contributed by atoms with E-state index in [0.29, 0.717) is 24.1 Å². The van der Waals surface area contributed by atoms with Crippen LogP contribution < -0.4 is 10.1 Å². The maximum Gasteiger partial charge on any atom is 0.245 e. The van der Waals surface area contributed by atoms with Crippen LogP contribution in [0.3, 0.4) is 0 Å². The van der Waals surface area contributed by atoms with E-state index in [2.05, 4.69) is 44.0 Å². The van der Waals surface area contributed by atoms with Gasteiger partial charge in [-0.2, -0.15) is 9.97 Å². The van der Waals surface area contributed by atoms with Gasteiger partial charge in [0.1, 0.15) is 12.1 Å². The van der Waals surface area contributed by atoms with Crippen LogP contribution in [0.2, 0.25) is 0 Å². The molecule has 19 heavy (non-hydrogen) atoms. The molecule has 0 aliphatic heterocycles. The lowest BCUT2D eigenvalue weighted by Gasteiger charge is -2.17. The standard InChI is InChI=1S/C12H20N6O/c1-4-18(5-2)6-7-19-11-9-10(15-8-14-9)16-12(13-3)17-11/h8H,4-7H2,1-3H3,(H2,13,14,15,16,17). The Balaban J connectivity index is 2.08. The Morgan fingerprint density at radius 2 is 2.11 bits per heavy atom. The van der Waals surface area contributed by atoms with E-state index in [1.54, 1.807) is 13.4 Å². The van der Waals surface area contributed by atoms with E-state index < -0.39 is 0 Å². The minimum absolute atomic E-state index is 0.512. The Kier molecular flexibility index (Phi) is 4.51. The number of nitrogens with zero attached hydrogens (tertiary/aromatic N) is 4. The molecule has 2 rings (SSSR count). The van der Waals surface area contributed by atoms with E-state index in [-0.39, 0.29) is 0 Å². The highest BCUT2D eigenvalue weighted by Crippen LogP contribution is 2.20. The molecule has 0 bridgehead atoms. The van der Waals surface area contributed by atoms with E-state index in [1.165, 1.54) is 0 Å². The largest absolute Gasteiger partial charge is 0.475 e. The first-order valence-electron chi connectivity index (χ1n) is 6.52. The molecule has 0 fully saturated rings. The number of ether oxygens (including phenoxy) is 1. The monoisotopic (exact) mass is 264 g/mol. The second kappa shape index (κ2) is 6.33. The summed E-state index contributed by atoms with van der Waals surface area (Å²) in [5, 5.41) is 2.90. The van der Waals surface area contributed by atoms with Crippen molar-refractivity contribution >= 4 is 17.1 Å². The number of H-pyrrole nitrogens is 1. The van der Waals surface area contributed by atoms with Crippen LogP contribution in [-0.2, 0) is 0 Å². The van der Waals surface area contributed by atoms with Gasteiger partial charge in [0.05, 0.1) is 6.33 Å². The summed E-state index contributed by atoms with van der Waals surface area (Å²) in [6.45, 7) is 7.79. The first-order valence-corrected chi connectivity index (χ1v) is 6.52. The first-order chi connectivity index (χ1) is 9.28. The Morgan fingerprint density at radius 1 is 1.32 bits per heavy atom. The number of rotatable bonds is 7. The summed E-state index contributed by atoms with van der Waals surface area (Å²) >= 11 is 0. The predicted molar refractivity (Wildman–Crippen MR) is 74.5 cm³/mol. The minimum atomic E-state index is 0.512. The summed E-state index contributed by atoms with van der Waals surface area (Å²) in [6.07, 6.45) is 1.59. The van der Waals surface area contributed by atoms with Gasteiger partial charge in [-0.1, -0.05) is 13.8 Å². The summed E-state index contributed by atoms with van der Waals surface area (Å²) in [7, 11) is 1.77. The molecule has 7 heteroatoms. The Bertz CT molecular complexity index is 522. The van der Waals surface area contributed by atoms with Crippen molar-refractivity contribution in [1.29, 1.82) is 0 Å². The van der Waals surface area contributed by atoms with E-state index >= 15 is 0 Å². The molecule has 0 saturated carbocycles. The van der Waals surface area contributed by atoms with Gasteiger partial charge in [0.15, 0.2) is 5.65 Å². The van der Waals surface area contributed by atoms with Crippen molar-refractivity contribution in [3.63, 3.8) is 0 Å². The van der Waals surface area contributed by atoms with Gasteiger partial charge in [-0.25, -0.2) is 4.98 Å². The molecule has 0 aromatic carbocycles. The molecule has 0 atom stereocenters. The van der Waals surface area contributed by atoms with E-state index in [4.69, 9.17) is 4.74 Å². The Hall–Kier alpha value is -1.89. The molecule has 0 aliphatic rings. The van der Waals surface area contributed by atoms with Crippen LogP contribution in [0.15, 0.2) is 6.33 Å². The molecule has 0 unspecified atom stereocenters. The third-order valence-corrected chi connectivity index (χ3v) is 3.02. The van der Waals surface area contributed by atoms with Crippen molar-refractivity contribution in [2.24, 2.45) is 0 Å². The zero-order valence-electron chi connectivity index (χ0n) is 11.6. The lowest BCUT2D eigenvalue weighted by molar-refractivity contribution is 0.219. The second-order valence-corrected chi connectivity index (χ2v) is 4.08. The number of anilines is 1. The van der Waals surface area contributed by atoms with Gasteiger partial charge in [-0.05, 0) is 13.1 Å². The van der Waals surface area contributed by atoms with E-state index in [0.717, 1.165) is 25.2 Å². The van der Waals surface area contributed by atoms with Gasteiger partial charge in [-0.15, -0.1) is 0 Å². The normalized spacial score (nSPS) is 11.2. The van der Waals surface area contributed by atoms with Gasteiger partial charge in [0.25, 0.3) is 0 Å². The van der Waals surface area contributed by atoms with Crippen molar-refractivity contribution in [3.8, 4) is 5.88 Å². The second-order valence-electron chi connectivity index (χ2n) is 4.08. The Morgan fingerprint density at radius 3 is 2.79 bits per heavy atom. The minimum Gasteiger partial charge on any atom is -0.475 e. The third kappa shape index (κ3) is 3.11. The highest BCUT2D eigenvalue weighted by atomic mass is 16.5. The van der Waals surface area contributed by atoms with Gasteiger partial charge in [0, 0.05) is 13.6 Å². The average molecular weight is 264 g/mol. The zero-order valence-corrected chi connectivity index (χ0v) is 11.6. The van der Waals surface area contributed by atoms with Crippen molar-refractivity contribution in [2.45, 2.75) is 13.8 Å². The van der Waals surface area contributed by atoms with Gasteiger partial charge in [-0.3, -0.25) is 0 Å². The highest BCUT2D eigenvalue weighted by Gasteiger charge is 2.10. The Labute approximate surface area is 112 Å². The summed E-state index contributed by atoms with van der Waals surface area (Å²) < 4.78 is 5.75. The SMILES string of the molecule is CCN(CC)CCOc1nc(NC)nc2nc[nH]c12. The number of aromatic amines is 1. The molecule has 2 heterocycles. The smallest absolute Gasteiger partial charge is 0.245 e. The summed E-state index contributed by atoms with van der Waals surface area (Å²) in [4.78, 5) is 18.0. The van der Waals surface area contributed by atoms with Gasteiger partial charge in [0.2, 0.25) is 11.8 Å². The number of fused-ring (bicyclic) bond motifs is 1. The first kappa shape index (κ1) is 13.5. The van der Waals surface area contributed by atoms with E-state index in [9.17, 15) is 0 Å². The molecular formula is C12H20N6O. The maximum absolute atomic E-state index is 5.75. The molecule has 0 saturated heterocycles. The fourth-order valence-corrected chi connectivity index (χ4v) is 1.83. The fourth-order valence-electron chi connectivity index (χ4n) is 1.83. The van der Waals surface area contributed by atoms with Crippen LogP contribution in [0.25, 0.3) is 11.2 Å². The fraction of sp³-hybridized carbons (Fsp3) is 0.583. The molecule has 0 radical (unpaired) electrons.